The number of carbonyl (C=O) groups is 1. The zero-order valence-electron chi connectivity index (χ0n) is 17.4. The molecule has 0 bridgehead atoms. The number of hydrogen-bond donors (Lipinski definition) is 1. The van der Waals surface area contributed by atoms with Gasteiger partial charge in [0.05, 0.1) is 11.9 Å². The Bertz CT molecular complexity index is 1210. The van der Waals surface area contributed by atoms with Gasteiger partial charge in [0.15, 0.2) is 6.10 Å². The molecule has 0 aliphatic rings. The second-order valence-electron chi connectivity index (χ2n) is 7.03. The summed E-state index contributed by atoms with van der Waals surface area (Å²) in [5, 5.41) is 9.46. The van der Waals surface area contributed by atoms with Crippen molar-refractivity contribution in [3.63, 3.8) is 0 Å². The minimum atomic E-state index is -0.728. The molecule has 4 rings (SSSR count). The van der Waals surface area contributed by atoms with Crippen LogP contribution in [-0.4, -0.2) is 28.0 Å². The Balaban J connectivity index is 1.50. The maximum atomic E-state index is 12.4. The standard InChI is InChI=1S/C25H21ClN4O2/c1-18(32-23-14-12-21(26)13-15-23)25(31)28-27-16-20-17-30(22-10-6-3-7-11-22)29-24(20)19-8-4-2-5-9-19/h2-18H,1H3,(H,28,31)/b27-16+. The second-order valence-corrected chi connectivity index (χ2v) is 7.46. The normalized spacial score (nSPS) is 11.9. The van der Waals surface area contributed by atoms with Crippen LogP contribution < -0.4 is 10.2 Å². The summed E-state index contributed by atoms with van der Waals surface area (Å²) >= 11 is 5.87. The summed E-state index contributed by atoms with van der Waals surface area (Å²) in [5.74, 6) is 0.185. The van der Waals surface area contributed by atoms with Crippen LogP contribution in [0, 0.1) is 0 Å². The van der Waals surface area contributed by atoms with Crippen LogP contribution in [0.1, 0.15) is 12.5 Å². The summed E-state index contributed by atoms with van der Waals surface area (Å²) in [5.41, 5.74) is 5.95. The van der Waals surface area contributed by atoms with E-state index in [0.29, 0.717) is 10.8 Å². The largest absolute Gasteiger partial charge is 0.481 e. The first-order valence-electron chi connectivity index (χ1n) is 10.1. The summed E-state index contributed by atoms with van der Waals surface area (Å²) in [6.07, 6.45) is 2.73. The van der Waals surface area contributed by atoms with Crippen LogP contribution in [0.2, 0.25) is 5.02 Å². The lowest BCUT2D eigenvalue weighted by Gasteiger charge is -2.12. The molecule has 7 heteroatoms. The van der Waals surface area contributed by atoms with E-state index in [2.05, 4.69) is 10.5 Å². The predicted octanol–water partition coefficient (Wildman–Crippen LogP) is 5.11. The number of rotatable bonds is 7. The van der Waals surface area contributed by atoms with E-state index in [9.17, 15) is 4.79 Å². The first-order valence-corrected chi connectivity index (χ1v) is 10.4. The van der Waals surface area contributed by atoms with E-state index in [4.69, 9.17) is 21.4 Å². The van der Waals surface area contributed by atoms with Crippen molar-refractivity contribution in [2.24, 2.45) is 5.10 Å². The molecule has 1 unspecified atom stereocenters. The molecule has 0 radical (unpaired) electrons. The maximum absolute atomic E-state index is 12.4. The van der Waals surface area contributed by atoms with E-state index in [1.54, 1.807) is 42.1 Å². The average Bonchev–Trinajstić information content (AvgIpc) is 3.26. The Morgan fingerprint density at radius 2 is 1.69 bits per heavy atom. The van der Waals surface area contributed by atoms with Crippen molar-refractivity contribution in [2.75, 3.05) is 0 Å². The third-order valence-corrected chi connectivity index (χ3v) is 4.94. The fourth-order valence-corrected chi connectivity index (χ4v) is 3.17. The van der Waals surface area contributed by atoms with Gasteiger partial charge in [-0.3, -0.25) is 4.79 Å². The molecule has 1 heterocycles. The minimum Gasteiger partial charge on any atom is -0.481 e. The Morgan fingerprint density at radius 1 is 1.03 bits per heavy atom. The Morgan fingerprint density at radius 3 is 2.38 bits per heavy atom. The molecule has 160 valence electrons. The van der Waals surface area contributed by atoms with Gasteiger partial charge in [0.1, 0.15) is 11.4 Å². The summed E-state index contributed by atoms with van der Waals surface area (Å²) in [6.45, 7) is 1.66. The third-order valence-electron chi connectivity index (χ3n) is 4.68. The van der Waals surface area contributed by atoms with Gasteiger partial charge in [0, 0.05) is 22.3 Å². The molecule has 32 heavy (non-hydrogen) atoms. The van der Waals surface area contributed by atoms with Crippen LogP contribution in [0.3, 0.4) is 0 Å². The smallest absolute Gasteiger partial charge is 0.280 e. The molecule has 1 N–H and O–H groups in total. The molecule has 0 saturated carbocycles. The van der Waals surface area contributed by atoms with Gasteiger partial charge in [-0.1, -0.05) is 60.1 Å². The number of amides is 1. The van der Waals surface area contributed by atoms with Crippen molar-refractivity contribution < 1.29 is 9.53 Å². The van der Waals surface area contributed by atoms with Crippen molar-refractivity contribution >= 4 is 23.7 Å². The number of nitrogens with zero attached hydrogens (tertiary/aromatic N) is 3. The summed E-state index contributed by atoms with van der Waals surface area (Å²) in [6, 6.07) is 26.5. The highest BCUT2D eigenvalue weighted by Crippen LogP contribution is 2.22. The fourth-order valence-electron chi connectivity index (χ4n) is 3.04. The monoisotopic (exact) mass is 444 g/mol. The van der Waals surface area contributed by atoms with E-state index < -0.39 is 6.10 Å². The van der Waals surface area contributed by atoms with Gasteiger partial charge < -0.3 is 4.74 Å². The number of hydrogen-bond acceptors (Lipinski definition) is 4. The molecule has 0 fully saturated rings. The van der Waals surface area contributed by atoms with E-state index in [-0.39, 0.29) is 5.91 Å². The van der Waals surface area contributed by atoms with Gasteiger partial charge in [0.25, 0.3) is 5.91 Å². The Kier molecular flexibility index (Phi) is 6.63. The van der Waals surface area contributed by atoms with E-state index in [1.807, 2.05) is 66.9 Å². The van der Waals surface area contributed by atoms with Crippen LogP contribution >= 0.6 is 11.6 Å². The van der Waals surface area contributed by atoms with Gasteiger partial charge in [-0.25, -0.2) is 10.1 Å². The quantitative estimate of drug-likeness (QED) is 0.318. The van der Waals surface area contributed by atoms with E-state index in [1.165, 1.54) is 0 Å². The number of hydrazone groups is 1. The first kappa shape index (κ1) is 21.3. The van der Waals surface area contributed by atoms with E-state index >= 15 is 0 Å². The SMILES string of the molecule is CC(Oc1ccc(Cl)cc1)C(=O)N/N=C/c1cn(-c2ccccc2)nc1-c1ccccc1. The van der Waals surface area contributed by atoms with Crippen molar-refractivity contribution in [1.82, 2.24) is 15.2 Å². The number of para-hydroxylation sites is 1. The average molecular weight is 445 g/mol. The van der Waals surface area contributed by atoms with Crippen molar-refractivity contribution in [1.29, 1.82) is 0 Å². The molecule has 1 aromatic heterocycles. The van der Waals surface area contributed by atoms with Crippen molar-refractivity contribution in [3.05, 3.63) is 102 Å². The Labute approximate surface area is 191 Å². The summed E-state index contributed by atoms with van der Waals surface area (Å²) < 4.78 is 7.42. The van der Waals surface area contributed by atoms with Gasteiger partial charge in [-0.05, 0) is 43.3 Å². The van der Waals surface area contributed by atoms with Crippen LogP contribution in [0.4, 0.5) is 0 Å². The Hall–Kier alpha value is -3.90. The zero-order valence-corrected chi connectivity index (χ0v) is 18.1. The minimum absolute atomic E-state index is 0.368. The number of carbonyl (C=O) groups excluding carboxylic acids is 1. The van der Waals surface area contributed by atoms with Gasteiger partial charge in [-0.2, -0.15) is 10.2 Å². The third kappa shape index (κ3) is 5.22. The molecule has 6 nitrogen and oxygen atoms in total. The maximum Gasteiger partial charge on any atom is 0.280 e. The number of nitrogens with one attached hydrogen (secondary N) is 1. The molecule has 0 aliphatic heterocycles. The van der Waals surface area contributed by atoms with E-state index in [0.717, 1.165) is 22.5 Å². The van der Waals surface area contributed by atoms with Gasteiger partial charge >= 0.3 is 0 Å². The molecule has 1 amide bonds. The molecule has 0 spiro atoms. The molecule has 3 aromatic carbocycles. The molecule has 0 saturated heterocycles. The molecular formula is C25H21ClN4O2. The highest BCUT2D eigenvalue weighted by Gasteiger charge is 2.15. The van der Waals surface area contributed by atoms with Crippen LogP contribution in [-0.2, 0) is 4.79 Å². The lowest BCUT2D eigenvalue weighted by Crippen LogP contribution is -2.33. The van der Waals surface area contributed by atoms with Crippen LogP contribution in [0.5, 0.6) is 5.75 Å². The predicted molar refractivity (Wildman–Crippen MR) is 126 cm³/mol. The highest BCUT2D eigenvalue weighted by molar-refractivity contribution is 6.30. The number of benzene rings is 3. The first-order chi connectivity index (χ1) is 15.6. The second kappa shape index (κ2) is 9.94. The zero-order chi connectivity index (χ0) is 22.3. The van der Waals surface area contributed by atoms with Gasteiger partial charge in [-0.15, -0.1) is 0 Å². The van der Waals surface area contributed by atoms with Gasteiger partial charge in [0.2, 0.25) is 0 Å². The molecular weight excluding hydrogens is 424 g/mol. The molecule has 1 atom stereocenters. The summed E-state index contributed by atoms with van der Waals surface area (Å²) in [4.78, 5) is 12.4. The summed E-state index contributed by atoms with van der Waals surface area (Å²) in [7, 11) is 0. The molecule has 0 aliphatic carbocycles. The topological polar surface area (TPSA) is 68.5 Å². The van der Waals surface area contributed by atoms with Crippen molar-refractivity contribution in [3.8, 4) is 22.7 Å². The lowest BCUT2D eigenvalue weighted by molar-refractivity contribution is -0.127. The fraction of sp³-hybridized carbons (Fsp3) is 0.0800. The number of halogens is 1. The van der Waals surface area contributed by atoms with Crippen molar-refractivity contribution in [2.45, 2.75) is 13.0 Å². The number of aromatic nitrogens is 2. The van der Waals surface area contributed by atoms with Crippen LogP contribution in [0.15, 0.2) is 96.2 Å². The lowest BCUT2D eigenvalue weighted by atomic mass is 10.1. The number of ether oxygens (including phenoxy) is 1. The highest BCUT2D eigenvalue weighted by atomic mass is 35.5. The van der Waals surface area contributed by atoms with Crippen LogP contribution in [0.25, 0.3) is 16.9 Å². The molecule has 4 aromatic rings.